The fourth-order valence-corrected chi connectivity index (χ4v) is 3.23. The van der Waals surface area contributed by atoms with Crippen LogP contribution >= 0.6 is 0 Å². The van der Waals surface area contributed by atoms with Gasteiger partial charge in [-0.1, -0.05) is 24.3 Å². The van der Waals surface area contributed by atoms with Gasteiger partial charge in [-0.3, -0.25) is 0 Å². The van der Waals surface area contributed by atoms with Crippen molar-refractivity contribution in [2.45, 2.75) is 32.1 Å². The Morgan fingerprint density at radius 2 is 2.20 bits per heavy atom. The average Bonchev–Trinajstić information content (AvgIpc) is 2.94. The molecule has 1 heterocycles. The van der Waals surface area contributed by atoms with Crippen LogP contribution in [-0.2, 0) is 0 Å². The Hall–Kier alpha value is -0.820. The van der Waals surface area contributed by atoms with Crippen LogP contribution in [0.1, 0.15) is 36.3 Å². The van der Waals surface area contributed by atoms with Crippen LogP contribution in [0.5, 0.6) is 0 Å². The number of benzene rings is 1. The minimum Gasteiger partial charge on any atom is -0.316 e. The number of piperidine rings is 1. The van der Waals surface area contributed by atoms with Crippen molar-refractivity contribution in [1.29, 1.82) is 0 Å². The smallest absolute Gasteiger partial charge is 0.00139 e. The Morgan fingerprint density at radius 3 is 2.93 bits per heavy atom. The summed E-state index contributed by atoms with van der Waals surface area (Å²) in [6.45, 7) is 4.71. The first-order chi connectivity index (χ1) is 7.32. The third kappa shape index (κ3) is 1.50. The number of rotatable bonds is 1. The van der Waals surface area contributed by atoms with Crippen molar-refractivity contribution >= 4 is 0 Å². The van der Waals surface area contributed by atoms with Crippen LogP contribution < -0.4 is 5.32 Å². The summed E-state index contributed by atoms with van der Waals surface area (Å²) < 4.78 is 0. The van der Waals surface area contributed by atoms with Gasteiger partial charge in [0.25, 0.3) is 0 Å². The second kappa shape index (κ2) is 3.34. The van der Waals surface area contributed by atoms with Crippen LogP contribution in [0, 0.1) is 12.3 Å². The topological polar surface area (TPSA) is 12.0 Å². The van der Waals surface area contributed by atoms with Crippen molar-refractivity contribution in [3.8, 4) is 0 Å². The molecule has 15 heavy (non-hydrogen) atoms. The summed E-state index contributed by atoms with van der Waals surface area (Å²) in [5, 5.41) is 3.56. The molecular formula is C14H19N. The maximum atomic E-state index is 3.56. The average molecular weight is 201 g/mol. The Kier molecular flexibility index (Phi) is 2.10. The van der Waals surface area contributed by atoms with Crippen molar-refractivity contribution in [2.24, 2.45) is 5.41 Å². The summed E-state index contributed by atoms with van der Waals surface area (Å²) in [4.78, 5) is 0. The van der Waals surface area contributed by atoms with Gasteiger partial charge in [0.15, 0.2) is 0 Å². The lowest BCUT2D eigenvalue weighted by Gasteiger charge is -2.24. The molecule has 1 aliphatic heterocycles. The summed E-state index contributed by atoms with van der Waals surface area (Å²) >= 11 is 0. The van der Waals surface area contributed by atoms with Gasteiger partial charge < -0.3 is 5.32 Å². The van der Waals surface area contributed by atoms with Gasteiger partial charge in [-0.25, -0.2) is 0 Å². The van der Waals surface area contributed by atoms with Gasteiger partial charge in [0.1, 0.15) is 0 Å². The summed E-state index contributed by atoms with van der Waals surface area (Å²) in [5.74, 6) is 0.839. The normalized spacial score (nSPS) is 34.3. The lowest BCUT2D eigenvalue weighted by molar-refractivity contribution is 0.346. The molecule has 1 aromatic carbocycles. The van der Waals surface area contributed by atoms with Gasteiger partial charge in [-0.2, -0.15) is 0 Å². The maximum absolute atomic E-state index is 3.56. The number of hydrogen-bond acceptors (Lipinski definition) is 1. The number of hydrogen-bond donors (Lipinski definition) is 1. The van der Waals surface area contributed by atoms with Gasteiger partial charge in [0.2, 0.25) is 0 Å². The Morgan fingerprint density at radius 1 is 1.33 bits per heavy atom. The van der Waals surface area contributed by atoms with Crippen molar-refractivity contribution in [1.82, 2.24) is 5.32 Å². The predicted molar refractivity (Wildman–Crippen MR) is 63.1 cm³/mol. The highest BCUT2D eigenvalue weighted by Gasteiger charge is 2.54. The quantitative estimate of drug-likeness (QED) is 0.736. The van der Waals surface area contributed by atoms with Gasteiger partial charge >= 0.3 is 0 Å². The molecule has 2 aliphatic rings. The molecule has 1 spiro atoms. The van der Waals surface area contributed by atoms with Crippen LogP contribution in [0.2, 0.25) is 0 Å². The minimum atomic E-state index is 0.629. The fourth-order valence-electron chi connectivity index (χ4n) is 3.23. The van der Waals surface area contributed by atoms with E-state index < -0.39 is 0 Å². The molecule has 3 rings (SSSR count). The van der Waals surface area contributed by atoms with Gasteiger partial charge in [-0.05, 0) is 55.2 Å². The van der Waals surface area contributed by atoms with E-state index in [1.165, 1.54) is 37.9 Å². The minimum absolute atomic E-state index is 0.629. The van der Waals surface area contributed by atoms with Crippen LogP contribution in [0.15, 0.2) is 24.3 Å². The van der Waals surface area contributed by atoms with E-state index in [1.807, 2.05) is 0 Å². The molecule has 0 bridgehead atoms. The standard InChI is InChI=1S/C14H19N/c1-11-5-2-3-6-12(11)13-9-14(13)7-4-8-15-10-14/h2-3,5-6,13,15H,4,7-10H2,1H3. The largest absolute Gasteiger partial charge is 0.316 e. The SMILES string of the molecule is Cc1ccccc1C1CC12CCCNC2. The summed E-state index contributed by atoms with van der Waals surface area (Å²) in [7, 11) is 0. The molecule has 2 fully saturated rings. The van der Waals surface area contributed by atoms with E-state index in [2.05, 4.69) is 36.5 Å². The van der Waals surface area contributed by atoms with Crippen molar-refractivity contribution in [3.63, 3.8) is 0 Å². The van der Waals surface area contributed by atoms with E-state index in [0.29, 0.717) is 5.41 Å². The number of nitrogens with one attached hydrogen (secondary N) is 1. The van der Waals surface area contributed by atoms with E-state index in [1.54, 1.807) is 5.56 Å². The summed E-state index contributed by atoms with van der Waals surface area (Å²) in [6, 6.07) is 8.90. The fraction of sp³-hybridized carbons (Fsp3) is 0.571. The van der Waals surface area contributed by atoms with Gasteiger partial charge in [0.05, 0.1) is 0 Å². The Bertz CT molecular complexity index is 363. The second-order valence-corrected chi connectivity index (χ2v) is 5.26. The highest BCUT2D eigenvalue weighted by molar-refractivity contribution is 5.36. The number of aryl methyl sites for hydroxylation is 1. The monoisotopic (exact) mass is 201 g/mol. The summed E-state index contributed by atoms with van der Waals surface area (Å²) in [6.07, 6.45) is 4.20. The molecule has 0 aromatic heterocycles. The Labute approximate surface area is 91.9 Å². The molecule has 2 atom stereocenters. The lowest BCUT2D eigenvalue weighted by Crippen LogP contribution is -2.32. The zero-order chi connectivity index (χ0) is 10.3. The molecule has 0 amide bonds. The first-order valence-corrected chi connectivity index (χ1v) is 6.08. The first-order valence-electron chi connectivity index (χ1n) is 6.08. The third-order valence-corrected chi connectivity index (χ3v) is 4.26. The van der Waals surface area contributed by atoms with Crippen LogP contribution in [0.3, 0.4) is 0 Å². The van der Waals surface area contributed by atoms with Crippen molar-refractivity contribution < 1.29 is 0 Å². The zero-order valence-electron chi connectivity index (χ0n) is 9.42. The van der Waals surface area contributed by atoms with E-state index in [-0.39, 0.29) is 0 Å². The molecule has 1 aliphatic carbocycles. The molecule has 0 radical (unpaired) electrons. The van der Waals surface area contributed by atoms with Crippen LogP contribution in [0.4, 0.5) is 0 Å². The van der Waals surface area contributed by atoms with Crippen LogP contribution in [0.25, 0.3) is 0 Å². The second-order valence-electron chi connectivity index (χ2n) is 5.26. The highest BCUT2D eigenvalue weighted by atomic mass is 14.9. The van der Waals surface area contributed by atoms with Crippen LogP contribution in [-0.4, -0.2) is 13.1 Å². The van der Waals surface area contributed by atoms with E-state index in [9.17, 15) is 0 Å². The molecule has 1 saturated carbocycles. The van der Waals surface area contributed by atoms with E-state index in [0.717, 1.165) is 5.92 Å². The highest BCUT2D eigenvalue weighted by Crippen LogP contribution is 2.62. The van der Waals surface area contributed by atoms with Crippen molar-refractivity contribution in [2.75, 3.05) is 13.1 Å². The molecule has 1 nitrogen and oxygen atoms in total. The van der Waals surface area contributed by atoms with Crippen molar-refractivity contribution in [3.05, 3.63) is 35.4 Å². The van der Waals surface area contributed by atoms with Gasteiger partial charge in [-0.15, -0.1) is 0 Å². The maximum Gasteiger partial charge on any atom is 0.00139 e. The molecule has 1 aromatic rings. The van der Waals surface area contributed by atoms with E-state index >= 15 is 0 Å². The molecule has 1 N–H and O–H groups in total. The van der Waals surface area contributed by atoms with E-state index in [4.69, 9.17) is 0 Å². The molecular weight excluding hydrogens is 182 g/mol. The first kappa shape index (κ1) is 9.41. The third-order valence-electron chi connectivity index (χ3n) is 4.26. The summed E-state index contributed by atoms with van der Waals surface area (Å²) in [5.41, 5.74) is 3.70. The molecule has 2 unspecified atom stereocenters. The van der Waals surface area contributed by atoms with Gasteiger partial charge in [0, 0.05) is 6.54 Å². The lowest BCUT2D eigenvalue weighted by atomic mass is 9.90. The molecule has 1 heteroatoms. The Balaban J connectivity index is 1.84. The predicted octanol–water partition coefficient (Wildman–Crippen LogP) is 2.85. The molecule has 1 saturated heterocycles. The zero-order valence-corrected chi connectivity index (χ0v) is 9.42. The molecule has 80 valence electrons.